The molecule has 0 N–H and O–H groups in total. The Morgan fingerprint density at radius 2 is 1.79 bits per heavy atom. The van der Waals surface area contributed by atoms with Crippen LogP contribution in [0.2, 0.25) is 0 Å². The van der Waals surface area contributed by atoms with Gasteiger partial charge in [0.05, 0.1) is 13.2 Å². The lowest BCUT2D eigenvalue weighted by molar-refractivity contribution is 0.273. The summed E-state index contributed by atoms with van der Waals surface area (Å²) in [4.78, 5) is 9.21. The van der Waals surface area contributed by atoms with E-state index in [2.05, 4.69) is 4.99 Å². The Balaban J connectivity index is 1.97. The molecule has 1 atom stereocenters. The summed E-state index contributed by atoms with van der Waals surface area (Å²) in [6, 6.07) is 0.0818. The summed E-state index contributed by atoms with van der Waals surface area (Å²) in [5.41, 5.74) is 0. The van der Waals surface area contributed by atoms with Crippen molar-refractivity contribution in [3.63, 3.8) is 0 Å². The van der Waals surface area contributed by atoms with Crippen LogP contribution >= 0.6 is 0 Å². The van der Waals surface area contributed by atoms with Crippen molar-refractivity contribution in [1.82, 2.24) is 0 Å². The number of ether oxygens (including phenoxy) is 2. The topological polar surface area (TPSA) is 43.2 Å². The fourth-order valence-electron chi connectivity index (χ4n) is 2.95. The van der Waals surface area contributed by atoms with Crippen LogP contribution in [0.1, 0.15) is 52.4 Å². The van der Waals surface area contributed by atoms with E-state index in [0.717, 1.165) is 24.1 Å². The highest BCUT2D eigenvalue weighted by molar-refractivity contribution is 5.91. The average Bonchev–Trinajstić information content (AvgIpc) is 2.43. The molecule has 1 fully saturated rings. The van der Waals surface area contributed by atoms with Gasteiger partial charge < -0.3 is 9.47 Å². The molecule has 0 aromatic heterocycles. The highest BCUT2D eigenvalue weighted by Crippen LogP contribution is 2.29. The Morgan fingerprint density at radius 3 is 2.47 bits per heavy atom. The van der Waals surface area contributed by atoms with Crippen molar-refractivity contribution in [2.75, 3.05) is 19.8 Å². The summed E-state index contributed by atoms with van der Waals surface area (Å²) in [5.74, 6) is 2.36. The van der Waals surface area contributed by atoms with Gasteiger partial charge in [-0.15, -0.1) is 0 Å². The quantitative estimate of drug-likeness (QED) is 0.784. The summed E-state index contributed by atoms with van der Waals surface area (Å²) >= 11 is 0. The number of nitrogens with zero attached hydrogens (tertiary/aromatic N) is 2. The first-order chi connectivity index (χ1) is 9.33. The molecule has 0 aromatic carbocycles. The lowest BCUT2D eigenvalue weighted by atomic mass is 9.85. The van der Waals surface area contributed by atoms with E-state index >= 15 is 0 Å². The van der Waals surface area contributed by atoms with Crippen molar-refractivity contribution < 1.29 is 9.47 Å². The third kappa shape index (κ3) is 4.22. The monoisotopic (exact) mass is 266 g/mol. The van der Waals surface area contributed by atoms with Gasteiger partial charge in [-0.05, 0) is 26.2 Å². The number of aliphatic imine (C=N–C) groups is 2. The van der Waals surface area contributed by atoms with E-state index < -0.39 is 0 Å². The van der Waals surface area contributed by atoms with Crippen LogP contribution in [-0.4, -0.2) is 37.6 Å². The standard InChI is InChI=1S/C15H26N2O2/c1-3-18-14-11-16-15(19-4-2)13(17-14)10-12-8-6-5-7-9-12/h12-13H,3-11H2,1-2H3/t13-/m1/s1. The summed E-state index contributed by atoms with van der Waals surface area (Å²) in [7, 11) is 0. The van der Waals surface area contributed by atoms with Gasteiger partial charge in [0.1, 0.15) is 12.6 Å². The molecule has 108 valence electrons. The van der Waals surface area contributed by atoms with Gasteiger partial charge in [-0.3, -0.25) is 0 Å². The normalized spacial score (nSPS) is 24.6. The predicted octanol–water partition coefficient (Wildman–Crippen LogP) is 3.21. The van der Waals surface area contributed by atoms with Crippen LogP contribution in [0.5, 0.6) is 0 Å². The maximum Gasteiger partial charge on any atom is 0.209 e. The molecule has 1 heterocycles. The second kappa shape index (κ2) is 7.51. The Bertz CT molecular complexity index is 333. The molecule has 0 unspecified atom stereocenters. The van der Waals surface area contributed by atoms with E-state index in [9.17, 15) is 0 Å². The minimum atomic E-state index is 0.0818. The molecular weight excluding hydrogens is 240 g/mol. The molecule has 0 spiro atoms. The Hall–Kier alpha value is -1.06. The largest absolute Gasteiger partial charge is 0.480 e. The first-order valence-corrected chi connectivity index (χ1v) is 7.70. The molecule has 1 saturated carbocycles. The smallest absolute Gasteiger partial charge is 0.209 e. The highest BCUT2D eigenvalue weighted by atomic mass is 16.5. The van der Waals surface area contributed by atoms with Crippen LogP contribution in [0.4, 0.5) is 0 Å². The van der Waals surface area contributed by atoms with E-state index in [0.29, 0.717) is 19.8 Å². The Labute approximate surface area is 116 Å². The molecule has 4 nitrogen and oxygen atoms in total. The summed E-state index contributed by atoms with van der Waals surface area (Å²) in [6.45, 7) is 5.85. The van der Waals surface area contributed by atoms with Crippen molar-refractivity contribution in [1.29, 1.82) is 0 Å². The zero-order valence-corrected chi connectivity index (χ0v) is 12.2. The predicted molar refractivity (Wildman–Crippen MR) is 78.0 cm³/mol. The molecule has 2 rings (SSSR count). The molecule has 0 saturated heterocycles. The molecule has 0 amide bonds. The lowest BCUT2D eigenvalue weighted by Gasteiger charge is -2.27. The lowest BCUT2D eigenvalue weighted by Crippen LogP contribution is -2.32. The van der Waals surface area contributed by atoms with E-state index in [1.165, 1.54) is 32.1 Å². The molecule has 0 bridgehead atoms. The van der Waals surface area contributed by atoms with Gasteiger partial charge in [0.15, 0.2) is 0 Å². The molecule has 4 heteroatoms. The molecular formula is C15H26N2O2. The zero-order chi connectivity index (χ0) is 13.5. The second-order valence-electron chi connectivity index (χ2n) is 5.30. The van der Waals surface area contributed by atoms with E-state index in [-0.39, 0.29) is 6.04 Å². The highest BCUT2D eigenvalue weighted by Gasteiger charge is 2.26. The van der Waals surface area contributed by atoms with Crippen molar-refractivity contribution >= 4 is 11.8 Å². The van der Waals surface area contributed by atoms with Gasteiger partial charge in [-0.2, -0.15) is 0 Å². The number of hydrogen-bond acceptors (Lipinski definition) is 4. The van der Waals surface area contributed by atoms with Crippen LogP contribution in [0.25, 0.3) is 0 Å². The molecule has 2 aliphatic rings. The van der Waals surface area contributed by atoms with E-state index in [1.54, 1.807) is 0 Å². The molecule has 1 aliphatic carbocycles. The fraction of sp³-hybridized carbons (Fsp3) is 0.867. The summed E-state index contributed by atoms with van der Waals surface area (Å²) in [5, 5.41) is 0. The van der Waals surface area contributed by atoms with E-state index in [4.69, 9.17) is 14.5 Å². The molecule has 1 aliphatic heterocycles. The number of rotatable bonds is 4. The first kappa shape index (κ1) is 14.4. The maximum atomic E-state index is 5.65. The molecule has 0 aromatic rings. The minimum absolute atomic E-state index is 0.0818. The average molecular weight is 266 g/mol. The van der Waals surface area contributed by atoms with Gasteiger partial charge in [0, 0.05) is 0 Å². The van der Waals surface area contributed by atoms with Gasteiger partial charge in [0.2, 0.25) is 11.8 Å². The Kier molecular flexibility index (Phi) is 5.67. The zero-order valence-electron chi connectivity index (χ0n) is 12.2. The second-order valence-corrected chi connectivity index (χ2v) is 5.30. The van der Waals surface area contributed by atoms with E-state index in [1.807, 2.05) is 13.8 Å². The van der Waals surface area contributed by atoms with Crippen LogP contribution in [0.3, 0.4) is 0 Å². The van der Waals surface area contributed by atoms with Crippen molar-refractivity contribution in [2.45, 2.75) is 58.4 Å². The van der Waals surface area contributed by atoms with Crippen molar-refractivity contribution in [3.8, 4) is 0 Å². The van der Waals surface area contributed by atoms with Crippen molar-refractivity contribution in [2.24, 2.45) is 15.9 Å². The van der Waals surface area contributed by atoms with Crippen molar-refractivity contribution in [3.05, 3.63) is 0 Å². The first-order valence-electron chi connectivity index (χ1n) is 7.70. The van der Waals surface area contributed by atoms with Gasteiger partial charge in [-0.1, -0.05) is 32.1 Å². The number of hydrogen-bond donors (Lipinski definition) is 0. The third-order valence-electron chi connectivity index (χ3n) is 3.84. The van der Waals surface area contributed by atoms with Crippen LogP contribution < -0.4 is 0 Å². The van der Waals surface area contributed by atoms with Crippen LogP contribution in [0, 0.1) is 5.92 Å². The summed E-state index contributed by atoms with van der Waals surface area (Å²) in [6.07, 6.45) is 7.84. The van der Waals surface area contributed by atoms with Crippen LogP contribution in [0.15, 0.2) is 9.98 Å². The SMILES string of the molecule is CCOC1=N[C@H](CC2CCCCC2)C(OCC)=NC1. The van der Waals surface area contributed by atoms with Crippen LogP contribution in [-0.2, 0) is 9.47 Å². The van der Waals surface area contributed by atoms with Gasteiger partial charge in [-0.25, -0.2) is 9.98 Å². The van der Waals surface area contributed by atoms with Gasteiger partial charge in [0.25, 0.3) is 0 Å². The fourth-order valence-corrected chi connectivity index (χ4v) is 2.95. The van der Waals surface area contributed by atoms with Gasteiger partial charge >= 0.3 is 0 Å². The third-order valence-corrected chi connectivity index (χ3v) is 3.84. The molecule has 19 heavy (non-hydrogen) atoms. The summed E-state index contributed by atoms with van der Waals surface area (Å²) < 4.78 is 11.2. The molecule has 0 radical (unpaired) electrons. The Morgan fingerprint density at radius 1 is 1.05 bits per heavy atom. The minimum Gasteiger partial charge on any atom is -0.480 e. The maximum absolute atomic E-state index is 5.65.